The van der Waals surface area contributed by atoms with Gasteiger partial charge in [0, 0.05) is 0 Å². The molecule has 3 N–H and O–H groups in total. The molecule has 0 saturated carbocycles. The number of hydrogen-bond donors (Lipinski definition) is 2. The smallest absolute Gasteiger partial charge is 1.00 e. The Bertz CT molecular complexity index is 1320. The van der Waals surface area contributed by atoms with E-state index in [2.05, 4.69) is 49.8 Å². The van der Waals surface area contributed by atoms with Gasteiger partial charge in [0.1, 0.15) is 0 Å². The summed E-state index contributed by atoms with van der Waals surface area (Å²) in [6.45, 7) is 8.46. The molecule has 4 aromatic carbocycles. The molecule has 0 amide bonds. The van der Waals surface area contributed by atoms with E-state index in [1.807, 2.05) is 67.6 Å². The molecule has 0 aliphatic rings. The first-order chi connectivity index (χ1) is 17.2. The second-order valence-corrected chi connectivity index (χ2v) is 11.0. The maximum absolute atomic E-state index is 12.9. The predicted octanol–water partition coefficient (Wildman–Crippen LogP) is 3.83. The molecule has 7 heteroatoms. The second kappa shape index (κ2) is 15.9. The monoisotopic (exact) mass is 637 g/mol. The number of nitrogens with two attached hydrogens (primary N) is 1. The maximum Gasteiger partial charge on any atom is 1.00 e. The van der Waals surface area contributed by atoms with Crippen LogP contribution in [0.1, 0.15) is 59.7 Å². The normalized spacial score (nSPS) is 12.3. The van der Waals surface area contributed by atoms with E-state index in [4.69, 9.17) is 5.73 Å². The molecule has 0 saturated heterocycles. The summed E-state index contributed by atoms with van der Waals surface area (Å²) in [6.07, 6.45) is 0. The van der Waals surface area contributed by atoms with Gasteiger partial charge in [-0.1, -0.05) is 122 Å². The summed E-state index contributed by atoms with van der Waals surface area (Å²) in [7, 11) is -3.71. The number of sulfonamides is 1. The number of benzene rings is 4. The average molecular weight is 637 g/mol. The SMILES string of the molecule is Cc1ccc(C(C)C)cc1.Cc1ccc(S(=O)(=O)N[C@H](c2ccccc2)[C@H](N)c2ccccc2)cc1.[Cl-].[Ru+]. The van der Waals surface area contributed by atoms with Crippen LogP contribution < -0.4 is 22.9 Å². The minimum Gasteiger partial charge on any atom is -1.00 e. The summed E-state index contributed by atoms with van der Waals surface area (Å²) in [5, 5.41) is 0. The van der Waals surface area contributed by atoms with Crippen molar-refractivity contribution in [1.82, 2.24) is 4.72 Å². The molecule has 4 rings (SSSR count). The van der Waals surface area contributed by atoms with Gasteiger partial charge in [0.25, 0.3) is 0 Å². The fourth-order valence-electron chi connectivity index (χ4n) is 3.78. The van der Waals surface area contributed by atoms with E-state index in [9.17, 15) is 8.42 Å². The molecular formula is C31H36ClN2O2RuS. The largest absolute Gasteiger partial charge is 1.00 e. The van der Waals surface area contributed by atoms with Crippen LogP contribution in [-0.4, -0.2) is 8.42 Å². The summed E-state index contributed by atoms with van der Waals surface area (Å²) >= 11 is 0. The van der Waals surface area contributed by atoms with Crippen molar-refractivity contribution < 1.29 is 40.3 Å². The van der Waals surface area contributed by atoms with Gasteiger partial charge in [0.05, 0.1) is 17.0 Å². The van der Waals surface area contributed by atoms with Crippen LogP contribution in [0.5, 0.6) is 0 Å². The molecule has 2 atom stereocenters. The number of aryl methyl sites for hydroxylation is 2. The Morgan fingerprint density at radius 2 is 1.05 bits per heavy atom. The fourth-order valence-corrected chi connectivity index (χ4v) is 5.03. The van der Waals surface area contributed by atoms with Crippen molar-refractivity contribution in [3.8, 4) is 0 Å². The Hall–Kier alpha value is -2.34. The number of rotatable bonds is 7. The summed E-state index contributed by atoms with van der Waals surface area (Å²) in [5.74, 6) is 0.653. The summed E-state index contributed by atoms with van der Waals surface area (Å²) in [4.78, 5) is 0.226. The van der Waals surface area contributed by atoms with Crippen molar-refractivity contribution in [3.63, 3.8) is 0 Å². The Labute approximate surface area is 247 Å². The van der Waals surface area contributed by atoms with Gasteiger partial charge < -0.3 is 18.1 Å². The molecule has 0 unspecified atom stereocenters. The van der Waals surface area contributed by atoms with E-state index in [-0.39, 0.29) is 36.8 Å². The van der Waals surface area contributed by atoms with Crippen molar-refractivity contribution in [2.24, 2.45) is 5.73 Å². The van der Waals surface area contributed by atoms with Gasteiger partial charge in [0.15, 0.2) is 0 Å². The van der Waals surface area contributed by atoms with E-state index in [0.29, 0.717) is 5.92 Å². The van der Waals surface area contributed by atoms with Crippen molar-refractivity contribution in [3.05, 3.63) is 137 Å². The molecule has 4 aromatic rings. The van der Waals surface area contributed by atoms with Crippen LogP contribution in [-0.2, 0) is 29.5 Å². The van der Waals surface area contributed by atoms with Gasteiger partial charge in [0.2, 0.25) is 10.0 Å². The summed E-state index contributed by atoms with van der Waals surface area (Å²) in [6, 6.07) is 33.3. The van der Waals surface area contributed by atoms with Gasteiger partial charge >= 0.3 is 19.5 Å². The van der Waals surface area contributed by atoms with Crippen LogP contribution in [0.15, 0.2) is 114 Å². The van der Waals surface area contributed by atoms with E-state index in [1.165, 1.54) is 11.1 Å². The van der Waals surface area contributed by atoms with Crippen LogP contribution in [0.2, 0.25) is 0 Å². The van der Waals surface area contributed by atoms with E-state index in [1.54, 1.807) is 24.3 Å². The number of halogens is 1. The van der Waals surface area contributed by atoms with Gasteiger partial charge in [-0.15, -0.1) is 0 Å². The Morgan fingerprint density at radius 3 is 1.50 bits per heavy atom. The molecule has 0 heterocycles. The second-order valence-electron chi connectivity index (χ2n) is 9.32. The van der Waals surface area contributed by atoms with Gasteiger partial charge in [-0.25, -0.2) is 13.1 Å². The van der Waals surface area contributed by atoms with Crippen molar-refractivity contribution >= 4 is 10.0 Å². The van der Waals surface area contributed by atoms with Crippen LogP contribution in [0.25, 0.3) is 0 Å². The molecule has 1 radical (unpaired) electrons. The molecule has 0 bridgehead atoms. The van der Waals surface area contributed by atoms with Gasteiger partial charge in [-0.2, -0.15) is 0 Å². The molecule has 0 aliphatic carbocycles. The molecule has 0 aliphatic heterocycles. The number of hydrogen-bond acceptors (Lipinski definition) is 3. The molecule has 203 valence electrons. The van der Waals surface area contributed by atoms with Gasteiger partial charge in [-0.05, 0) is 48.6 Å². The zero-order valence-corrected chi connectivity index (χ0v) is 25.5. The first kappa shape index (κ1) is 33.7. The standard InChI is InChI=1S/C21H22N2O2S.C10H14.ClH.Ru/c1-16-12-14-19(15-13-16)26(24,25)23-21(18-10-6-3-7-11-18)20(22)17-8-4-2-5-9-17;1-8(2)10-6-4-9(3)5-7-10;;/h2-15,20-21,23H,22H2,1H3;4-8H,1-3H3;1H;/q;;;+1/p-1/t20-,21-;;;/m1.../s1. The van der Waals surface area contributed by atoms with Crippen molar-refractivity contribution in [2.75, 3.05) is 0 Å². The van der Waals surface area contributed by atoms with Crippen molar-refractivity contribution in [1.29, 1.82) is 0 Å². The van der Waals surface area contributed by atoms with E-state index < -0.39 is 22.1 Å². The topological polar surface area (TPSA) is 72.2 Å². The minimum atomic E-state index is -3.71. The maximum atomic E-state index is 12.9. The fraction of sp³-hybridized carbons (Fsp3) is 0.226. The van der Waals surface area contributed by atoms with Crippen LogP contribution in [0.4, 0.5) is 0 Å². The third-order valence-electron chi connectivity index (χ3n) is 6.06. The predicted molar refractivity (Wildman–Crippen MR) is 149 cm³/mol. The molecule has 0 spiro atoms. The Balaban J connectivity index is 0.000000511. The van der Waals surface area contributed by atoms with Gasteiger partial charge in [-0.3, -0.25) is 0 Å². The first-order valence-corrected chi connectivity index (χ1v) is 13.7. The molecule has 4 nitrogen and oxygen atoms in total. The molecular weight excluding hydrogens is 601 g/mol. The van der Waals surface area contributed by atoms with Crippen LogP contribution in [0.3, 0.4) is 0 Å². The Morgan fingerprint density at radius 1 is 0.632 bits per heavy atom. The quantitative estimate of drug-likeness (QED) is 0.303. The average Bonchev–Trinajstić information content (AvgIpc) is 2.89. The zero-order chi connectivity index (χ0) is 26.1. The van der Waals surface area contributed by atoms with E-state index in [0.717, 1.165) is 16.7 Å². The van der Waals surface area contributed by atoms with Crippen molar-refractivity contribution in [2.45, 2.75) is 50.6 Å². The van der Waals surface area contributed by atoms with E-state index >= 15 is 0 Å². The molecule has 0 fully saturated rings. The van der Waals surface area contributed by atoms with Crippen LogP contribution >= 0.6 is 0 Å². The molecule has 0 aromatic heterocycles. The summed E-state index contributed by atoms with van der Waals surface area (Å²) in [5.41, 5.74) is 11.9. The third kappa shape index (κ3) is 9.76. The van der Waals surface area contributed by atoms with Crippen LogP contribution in [0, 0.1) is 13.8 Å². The summed E-state index contributed by atoms with van der Waals surface area (Å²) < 4.78 is 28.6. The third-order valence-corrected chi connectivity index (χ3v) is 7.52. The first-order valence-electron chi connectivity index (χ1n) is 12.2. The Kier molecular flexibility index (Phi) is 14.1. The number of nitrogens with one attached hydrogen (secondary N) is 1. The minimum absolute atomic E-state index is 0. The zero-order valence-electron chi connectivity index (χ0n) is 22.2. The molecule has 38 heavy (non-hydrogen) atoms.